The van der Waals surface area contributed by atoms with Crippen molar-refractivity contribution in [1.29, 1.82) is 5.26 Å². The Labute approximate surface area is 152 Å². The van der Waals surface area contributed by atoms with E-state index in [1.54, 1.807) is 29.3 Å². The number of carbonyl (C=O) groups excluding carboxylic acids is 1. The van der Waals surface area contributed by atoms with E-state index in [9.17, 15) is 4.79 Å². The molecular formula is C18H20N6O2. The summed E-state index contributed by atoms with van der Waals surface area (Å²) < 4.78 is 5.55. The minimum Gasteiger partial charge on any atom is -0.478 e. The summed E-state index contributed by atoms with van der Waals surface area (Å²) in [5.41, 5.74) is 0.499. The third kappa shape index (κ3) is 3.88. The van der Waals surface area contributed by atoms with Crippen LogP contribution < -0.4 is 9.64 Å². The zero-order chi connectivity index (χ0) is 18.4. The van der Waals surface area contributed by atoms with E-state index in [1.165, 1.54) is 6.20 Å². The number of piperazine rings is 1. The Balaban J connectivity index is 1.64. The molecule has 0 bridgehead atoms. The Morgan fingerprint density at radius 3 is 2.77 bits per heavy atom. The molecule has 1 aliphatic rings. The van der Waals surface area contributed by atoms with Gasteiger partial charge < -0.3 is 14.5 Å². The van der Waals surface area contributed by atoms with Crippen LogP contribution in [0.25, 0.3) is 0 Å². The number of nitriles is 1. The molecule has 2 aromatic heterocycles. The van der Waals surface area contributed by atoms with Gasteiger partial charge in [0.15, 0.2) is 0 Å². The average molecular weight is 352 g/mol. The predicted octanol–water partition coefficient (Wildman–Crippen LogP) is 1.49. The smallest absolute Gasteiger partial charge is 0.273 e. The van der Waals surface area contributed by atoms with Gasteiger partial charge in [-0.1, -0.05) is 6.92 Å². The Bertz CT molecular complexity index is 811. The highest BCUT2D eigenvalue weighted by molar-refractivity contribution is 5.94. The molecule has 1 fully saturated rings. The molecule has 0 aromatic carbocycles. The van der Waals surface area contributed by atoms with Crippen LogP contribution in [-0.2, 0) is 0 Å². The fourth-order valence-corrected chi connectivity index (χ4v) is 2.70. The van der Waals surface area contributed by atoms with Crippen LogP contribution in [0, 0.1) is 11.3 Å². The number of hydrogen-bond acceptors (Lipinski definition) is 7. The van der Waals surface area contributed by atoms with Crippen LogP contribution in [0.3, 0.4) is 0 Å². The molecule has 1 amide bonds. The number of carbonyl (C=O) groups is 1. The number of ether oxygens (including phenoxy) is 1. The summed E-state index contributed by atoms with van der Waals surface area (Å²) in [6.45, 7) is 4.91. The molecule has 0 radical (unpaired) electrons. The monoisotopic (exact) mass is 352 g/mol. The molecule has 26 heavy (non-hydrogen) atoms. The average Bonchev–Trinajstić information content (AvgIpc) is 2.72. The zero-order valence-electron chi connectivity index (χ0n) is 14.6. The van der Waals surface area contributed by atoms with Gasteiger partial charge in [-0.05, 0) is 18.6 Å². The summed E-state index contributed by atoms with van der Waals surface area (Å²) in [6, 6.07) is 7.01. The molecule has 1 saturated heterocycles. The van der Waals surface area contributed by atoms with Gasteiger partial charge in [0.25, 0.3) is 5.91 Å². The third-order valence-corrected chi connectivity index (χ3v) is 4.05. The molecule has 1 aliphatic heterocycles. The molecule has 3 rings (SSSR count). The number of aromatic nitrogens is 3. The Kier molecular flexibility index (Phi) is 5.59. The van der Waals surface area contributed by atoms with Gasteiger partial charge in [0.1, 0.15) is 11.8 Å². The van der Waals surface area contributed by atoms with Gasteiger partial charge in [0, 0.05) is 44.6 Å². The van der Waals surface area contributed by atoms with Crippen molar-refractivity contribution in [2.75, 3.05) is 37.7 Å². The number of nitrogens with zero attached hydrogens (tertiary/aromatic N) is 6. The van der Waals surface area contributed by atoms with E-state index in [0.29, 0.717) is 50.2 Å². The fraction of sp³-hybridized carbons (Fsp3) is 0.389. The fourth-order valence-electron chi connectivity index (χ4n) is 2.70. The Morgan fingerprint density at radius 2 is 2.04 bits per heavy atom. The highest BCUT2D eigenvalue weighted by Crippen LogP contribution is 2.16. The summed E-state index contributed by atoms with van der Waals surface area (Å²) in [6.07, 6.45) is 4.12. The zero-order valence-corrected chi connectivity index (χ0v) is 14.6. The lowest BCUT2D eigenvalue weighted by molar-refractivity contribution is 0.0740. The lowest BCUT2D eigenvalue weighted by Crippen LogP contribution is -2.49. The molecule has 0 spiro atoms. The number of amides is 1. The quantitative estimate of drug-likeness (QED) is 0.804. The number of pyridine rings is 1. The summed E-state index contributed by atoms with van der Waals surface area (Å²) in [5, 5.41) is 9.15. The minimum atomic E-state index is -0.220. The molecule has 134 valence electrons. The summed E-state index contributed by atoms with van der Waals surface area (Å²) in [7, 11) is 0. The van der Waals surface area contributed by atoms with Gasteiger partial charge in [0.05, 0.1) is 12.2 Å². The van der Waals surface area contributed by atoms with Crippen molar-refractivity contribution in [3.8, 4) is 11.9 Å². The Morgan fingerprint density at radius 1 is 1.23 bits per heavy atom. The first kappa shape index (κ1) is 17.6. The molecule has 2 aromatic rings. The maximum atomic E-state index is 12.6. The normalized spacial score (nSPS) is 14.0. The molecule has 0 unspecified atom stereocenters. The summed E-state index contributed by atoms with van der Waals surface area (Å²) in [5.74, 6) is 0.937. The highest BCUT2D eigenvalue weighted by atomic mass is 16.5. The van der Waals surface area contributed by atoms with Gasteiger partial charge in [-0.25, -0.2) is 9.97 Å². The second-order valence-corrected chi connectivity index (χ2v) is 5.83. The number of anilines is 1. The molecule has 0 N–H and O–H groups in total. The molecule has 8 nitrogen and oxygen atoms in total. The molecule has 0 atom stereocenters. The lowest BCUT2D eigenvalue weighted by Gasteiger charge is -2.34. The second kappa shape index (κ2) is 8.25. The van der Waals surface area contributed by atoms with E-state index < -0.39 is 0 Å². The van der Waals surface area contributed by atoms with E-state index >= 15 is 0 Å². The largest absolute Gasteiger partial charge is 0.478 e. The van der Waals surface area contributed by atoms with Crippen LogP contribution in [0.2, 0.25) is 0 Å². The number of rotatable bonds is 5. The first-order valence-corrected chi connectivity index (χ1v) is 8.58. The van der Waals surface area contributed by atoms with Crippen molar-refractivity contribution < 1.29 is 9.53 Å². The van der Waals surface area contributed by atoms with Crippen LogP contribution in [0.15, 0.2) is 30.6 Å². The van der Waals surface area contributed by atoms with Gasteiger partial charge in [-0.15, -0.1) is 0 Å². The molecule has 8 heteroatoms. The van der Waals surface area contributed by atoms with Crippen LogP contribution in [0.5, 0.6) is 5.88 Å². The van der Waals surface area contributed by atoms with Gasteiger partial charge in [-0.2, -0.15) is 10.2 Å². The van der Waals surface area contributed by atoms with Crippen molar-refractivity contribution in [2.24, 2.45) is 0 Å². The topological polar surface area (TPSA) is 95.2 Å². The van der Waals surface area contributed by atoms with Crippen molar-refractivity contribution >= 4 is 11.9 Å². The number of hydrogen-bond donors (Lipinski definition) is 0. The van der Waals surface area contributed by atoms with E-state index in [4.69, 9.17) is 10.00 Å². The lowest BCUT2D eigenvalue weighted by atomic mass is 10.2. The van der Waals surface area contributed by atoms with Gasteiger partial charge in [0.2, 0.25) is 11.8 Å². The highest BCUT2D eigenvalue weighted by Gasteiger charge is 2.25. The standard InChI is InChI=1S/C18H20N6O2/c1-2-12-26-15-5-7-21-18(22-15)24-10-8-23(9-11-24)17(25)16-14(13-19)4-3-6-20-16/h3-7H,2,8-12H2,1H3. The van der Waals surface area contributed by atoms with Crippen LogP contribution in [-0.4, -0.2) is 58.5 Å². The molecule has 0 aliphatic carbocycles. The van der Waals surface area contributed by atoms with Crippen molar-refractivity contribution in [1.82, 2.24) is 19.9 Å². The molecule has 0 saturated carbocycles. The van der Waals surface area contributed by atoms with Crippen molar-refractivity contribution in [3.63, 3.8) is 0 Å². The Hall–Kier alpha value is -3.21. The maximum absolute atomic E-state index is 12.6. The van der Waals surface area contributed by atoms with Crippen LogP contribution in [0.4, 0.5) is 5.95 Å². The second-order valence-electron chi connectivity index (χ2n) is 5.83. The molecular weight excluding hydrogens is 332 g/mol. The van der Waals surface area contributed by atoms with Crippen molar-refractivity contribution in [3.05, 3.63) is 41.9 Å². The van der Waals surface area contributed by atoms with E-state index in [2.05, 4.69) is 15.0 Å². The summed E-state index contributed by atoms with van der Waals surface area (Å²) in [4.78, 5) is 29.2. The molecule has 3 heterocycles. The van der Waals surface area contributed by atoms with Crippen LogP contribution >= 0.6 is 0 Å². The first-order chi connectivity index (χ1) is 12.7. The summed E-state index contributed by atoms with van der Waals surface area (Å²) >= 11 is 0. The maximum Gasteiger partial charge on any atom is 0.273 e. The minimum absolute atomic E-state index is 0.203. The van der Waals surface area contributed by atoms with E-state index in [0.717, 1.165) is 6.42 Å². The van der Waals surface area contributed by atoms with Gasteiger partial charge >= 0.3 is 0 Å². The third-order valence-electron chi connectivity index (χ3n) is 4.05. The SMILES string of the molecule is CCCOc1ccnc(N2CCN(C(=O)c3ncccc3C#N)CC2)n1. The van der Waals surface area contributed by atoms with Crippen molar-refractivity contribution in [2.45, 2.75) is 13.3 Å². The van der Waals surface area contributed by atoms with Crippen LogP contribution in [0.1, 0.15) is 29.4 Å². The first-order valence-electron chi connectivity index (χ1n) is 8.58. The van der Waals surface area contributed by atoms with E-state index in [1.807, 2.05) is 17.9 Å². The van der Waals surface area contributed by atoms with Gasteiger partial charge in [-0.3, -0.25) is 4.79 Å². The van der Waals surface area contributed by atoms with E-state index in [-0.39, 0.29) is 11.6 Å². The predicted molar refractivity (Wildman–Crippen MR) is 94.9 cm³/mol.